The highest BCUT2D eigenvalue weighted by molar-refractivity contribution is 6.05. The fourth-order valence-corrected chi connectivity index (χ4v) is 8.15. The van der Waals surface area contributed by atoms with Gasteiger partial charge in [-0.15, -0.1) is 0 Å². The number of carbonyl (C=O) groups is 1. The van der Waals surface area contributed by atoms with E-state index in [0.29, 0.717) is 5.56 Å². The van der Waals surface area contributed by atoms with E-state index in [-0.39, 0.29) is 0 Å². The van der Waals surface area contributed by atoms with Gasteiger partial charge in [-0.05, 0) is 89.0 Å². The smallest absolute Gasteiger partial charge is 0.193 e. The number of hydrogen-bond donors (Lipinski definition) is 0. The lowest BCUT2D eigenvalue weighted by atomic mass is 9.81. The molecule has 1 nitrogen and oxygen atoms in total. The van der Waals surface area contributed by atoms with Crippen LogP contribution >= 0.6 is 0 Å². The van der Waals surface area contributed by atoms with Gasteiger partial charge in [-0.2, -0.15) is 0 Å². The van der Waals surface area contributed by atoms with Crippen molar-refractivity contribution < 1.29 is 9.18 Å². The molecule has 276 valence electrons. The highest BCUT2D eigenvalue weighted by atomic mass is 19.1. The van der Waals surface area contributed by atoms with Gasteiger partial charge in [-0.25, -0.2) is 4.39 Å². The van der Waals surface area contributed by atoms with E-state index < -0.39 is 12.5 Å². The molecule has 0 atom stereocenters. The molecule has 0 aliphatic rings. The average molecular weight is 747 g/mol. The molecule has 0 saturated carbocycles. The maximum Gasteiger partial charge on any atom is 0.193 e. The van der Waals surface area contributed by atoms with Gasteiger partial charge in [0.05, 0.1) is 0 Å². The second kappa shape index (κ2) is 16.4. The number of alkyl halides is 1. The fourth-order valence-electron chi connectivity index (χ4n) is 8.15. The molecule has 0 aromatic heterocycles. The zero-order valence-corrected chi connectivity index (χ0v) is 31.9. The molecule has 0 saturated heterocycles. The molecule has 0 unspecified atom stereocenters. The molecule has 58 heavy (non-hydrogen) atoms. The first-order valence-corrected chi connectivity index (χ1v) is 19.6. The highest BCUT2D eigenvalue weighted by Crippen LogP contribution is 2.48. The van der Waals surface area contributed by atoms with Gasteiger partial charge in [0, 0.05) is 5.56 Å². The van der Waals surface area contributed by atoms with Crippen molar-refractivity contribution in [1.29, 1.82) is 0 Å². The molecular weight excluding hydrogens is 708 g/mol. The molecule has 0 fully saturated rings. The van der Waals surface area contributed by atoms with Crippen molar-refractivity contribution in [3.63, 3.8) is 0 Å². The normalized spacial score (nSPS) is 11.0. The minimum Gasteiger partial charge on any atom is -0.291 e. The predicted octanol–water partition coefficient (Wildman–Crippen LogP) is 15.2. The summed E-state index contributed by atoms with van der Waals surface area (Å²) in [6.07, 6.45) is 0. The van der Waals surface area contributed by atoms with Crippen LogP contribution in [0.15, 0.2) is 224 Å². The summed E-state index contributed by atoms with van der Waals surface area (Å²) in [5.74, 6) is -0.518. The van der Waals surface area contributed by atoms with Crippen LogP contribution < -0.4 is 0 Å². The number of rotatable bonds is 10. The third-order valence-electron chi connectivity index (χ3n) is 10.9. The third-order valence-corrected chi connectivity index (χ3v) is 10.9. The van der Waals surface area contributed by atoms with E-state index in [1.54, 1.807) is 12.1 Å². The van der Waals surface area contributed by atoms with Gasteiger partial charge in [-0.3, -0.25) is 4.79 Å². The summed E-state index contributed by atoms with van der Waals surface area (Å²) in [4.78, 5) is 12.2. The number of carbonyl (C=O) groups excluding carboxylic acids is 1. The van der Waals surface area contributed by atoms with Gasteiger partial charge in [-0.1, -0.05) is 224 Å². The first-order chi connectivity index (χ1) is 28.7. The molecule has 0 heterocycles. The monoisotopic (exact) mass is 746 g/mol. The van der Waals surface area contributed by atoms with E-state index >= 15 is 0 Å². The molecule has 9 rings (SSSR count). The average Bonchev–Trinajstić information content (AvgIpc) is 3.32. The Morgan fingerprint density at radius 2 is 0.500 bits per heavy atom. The van der Waals surface area contributed by atoms with Gasteiger partial charge in [0.15, 0.2) is 12.5 Å². The summed E-state index contributed by atoms with van der Waals surface area (Å²) in [6.45, 7) is -1.02. The Labute approximate surface area is 339 Å². The molecule has 9 aromatic rings. The van der Waals surface area contributed by atoms with Gasteiger partial charge < -0.3 is 0 Å². The Morgan fingerprint density at radius 1 is 0.276 bits per heavy atom. The van der Waals surface area contributed by atoms with Crippen LogP contribution in [0.4, 0.5) is 4.39 Å². The standard InChI is InChI=1S/C56H39FO/c57-38-52(58)43-28-26-42(27-29-43)51-37-36-50(41-20-10-3-11-21-41)56(54(51)45-24-14-5-15-25-45)47-32-30-46(31-33-47)55-49(40-18-8-2-9-19-40)35-34-48(39-16-6-1-7-17-39)53(55)44-22-12-4-13-23-44/h1-37H,38H2. The van der Waals surface area contributed by atoms with E-state index in [1.807, 2.05) is 24.3 Å². The lowest BCUT2D eigenvalue weighted by molar-refractivity contribution is 0.0958. The zero-order chi connectivity index (χ0) is 39.3. The molecule has 0 aliphatic heterocycles. The Kier molecular flexibility index (Phi) is 10.2. The van der Waals surface area contributed by atoms with Crippen LogP contribution in [-0.4, -0.2) is 12.5 Å². The first-order valence-electron chi connectivity index (χ1n) is 19.6. The minimum atomic E-state index is -1.02. The SMILES string of the molecule is O=C(CF)c1ccc(-c2ccc(-c3ccccc3)c(-c3ccc(-c4c(-c5ccccc5)ccc(-c5ccccc5)c4-c4ccccc4)cc3)c2-c2ccccc2)cc1. The van der Waals surface area contributed by atoms with Crippen molar-refractivity contribution in [2.24, 2.45) is 0 Å². The molecule has 2 heteroatoms. The second-order valence-electron chi connectivity index (χ2n) is 14.4. The van der Waals surface area contributed by atoms with Crippen LogP contribution in [0, 0.1) is 0 Å². The summed E-state index contributed by atoms with van der Waals surface area (Å²) in [7, 11) is 0. The maximum absolute atomic E-state index is 13.3. The van der Waals surface area contributed by atoms with Crippen LogP contribution in [-0.2, 0) is 0 Å². The molecule has 0 aliphatic carbocycles. The van der Waals surface area contributed by atoms with Crippen molar-refractivity contribution in [1.82, 2.24) is 0 Å². The summed E-state index contributed by atoms with van der Waals surface area (Å²) in [5.41, 5.74) is 18.2. The topological polar surface area (TPSA) is 17.1 Å². The number of hydrogen-bond acceptors (Lipinski definition) is 1. The highest BCUT2D eigenvalue weighted by Gasteiger charge is 2.22. The molecular formula is C56H39FO. The number of halogens is 1. The number of Topliss-reactive ketones (excluding diaryl/α,β-unsaturated/α-hetero) is 1. The van der Waals surface area contributed by atoms with Crippen molar-refractivity contribution in [2.45, 2.75) is 0 Å². The summed E-state index contributed by atoms with van der Waals surface area (Å²) in [5, 5.41) is 0. The quantitative estimate of drug-likeness (QED) is 0.127. The molecule has 0 amide bonds. The van der Waals surface area contributed by atoms with E-state index in [2.05, 4.69) is 188 Å². The lowest BCUT2D eigenvalue weighted by Crippen LogP contribution is -2.00. The predicted molar refractivity (Wildman–Crippen MR) is 240 cm³/mol. The summed E-state index contributed by atoms with van der Waals surface area (Å²) < 4.78 is 13.3. The fraction of sp³-hybridized carbons (Fsp3) is 0.0179. The van der Waals surface area contributed by atoms with Gasteiger partial charge in [0.1, 0.15) is 0 Å². The van der Waals surface area contributed by atoms with Gasteiger partial charge in [0.2, 0.25) is 0 Å². The zero-order valence-electron chi connectivity index (χ0n) is 31.9. The van der Waals surface area contributed by atoms with Crippen LogP contribution in [0.2, 0.25) is 0 Å². The van der Waals surface area contributed by atoms with E-state index in [9.17, 15) is 9.18 Å². The van der Waals surface area contributed by atoms with Crippen LogP contribution in [0.25, 0.3) is 89.0 Å². The third kappa shape index (κ3) is 7.09. The van der Waals surface area contributed by atoms with Crippen LogP contribution in [0.5, 0.6) is 0 Å². The van der Waals surface area contributed by atoms with E-state index in [0.717, 1.165) is 66.8 Å². The van der Waals surface area contributed by atoms with Crippen molar-refractivity contribution in [3.8, 4) is 89.0 Å². The summed E-state index contributed by atoms with van der Waals surface area (Å²) in [6, 6.07) is 78.3. The Balaban J connectivity index is 1.30. The Hall–Kier alpha value is -7.42. The summed E-state index contributed by atoms with van der Waals surface area (Å²) >= 11 is 0. The molecule has 0 spiro atoms. The maximum atomic E-state index is 13.3. The van der Waals surface area contributed by atoms with Gasteiger partial charge >= 0.3 is 0 Å². The molecule has 0 N–H and O–H groups in total. The van der Waals surface area contributed by atoms with Crippen LogP contribution in [0.1, 0.15) is 10.4 Å². The number of ketones is 1. The largest absolute Gasteiger partial charge is 0.291 e. The molecule has 0 radical (unpaired) electrons. The molecule has 9 aromatic carbocycles. The minimum absolute atomic E-state index is 0.366. The van der Waals surface area contributed by atoms with Gasteiger partial charge in [0.25, 0.3) is 0 Å². The van der Waals surface area contributed by atoms with E-state index in [4.69, 9.17) is 0 Å². The first kappa shape index (κ1) is 36.2. The Morgan fingerprint density at radius 3 is 0.776 bits per heavy atom. The van der Waals surface area contributed by atoms with Crippen molar-refractivity contribution in [3.05, 3.63) is 230 Å². The van der Waals surface area contributed by atoms with Crippen molar-refractivity contribution in [2.75, 3.05) is 6.67 Å². The number of benzene rings is 9. The molecule has 0 bridgehead atoms. The van der Waals surface area contributed by atoms with Crippen LogP contribution in [0.3, 0.4) is 0 Å². The van der Waals surface area contributed by atoms with E-state index in [1.165, 1.54) is 22.3 Å². The Bertz CT molecular complexity index is 2810. The second-order valence-corrected chi connectivity index (χ2v) is 14.4. The lowest BCUT2D eigenvalue weighted by Gasteiger charge is -2.22. The van der Waals surface area contributed by atoms with Crippen molar-refractivity contribution >= 4 is 5.78 Å².